The van der Waals surface area contributed by atoms with Crippen LogP contribution in [-0.2, 0) is 14.3 Å². The third kappa shape index (κ3) is 6.07. The first kappa shape index (κ1) is 18.5. The molecule has 1 aromatic rings. The fraction of sp³-hybridized carbons (Fsp3) is 0.357. The van der Waals surface area contributed by atoms with Gasteiger partial charge in [-0.3, -0.25) is 14.9 Å². The molecule has 8 heteroatoms. The second kappa shape index (κ2) is 8.79. The number of urea groups is 1. The van der Waals surface area contributed by atoms with Gasteiger partial charge in [0, 0.05) is 16.4 Å². The van der Waals surface area contributed by atoms with Crippen LogP contribution in [0.2, 0.25) is 0 Å². The van der Waals surface area contributed by atoms with Gasteiger partial charge >= 0.3 is 12.0 Å². The minimum absolute atomic E-state index is 0.0924. The lowest BCUT2D eigenvalue weighted by atomic mass is 10.2. The first-order valence-electron chi connectivity index (χ1n) is 6.40. The average molecular weight is 389 g/mol. The molecule has 2 N–H and O–H groups in total. The Morgan fingerprint density at radius 1 is 1.23 bits per heavy atom. The number of carbonyl (C=O) groups excluding carboxylic acids is 3. The minimum Gasteiger partial charge on any atom is -0.455 e. The normalized spacial score (nSPS) is 10.0. The van der Waals surface area contributed by atoms with Crippen molar-refractivity contribution >= 4 is 45.6 Å². The van der Waals surface area contributed by atoms with Crippen LogP contribution in [0.15, 0.2) is 21.5 Å². The van der Waals surface area contributed by atoms with Gasteiger partial charge in [0.05, 0.1) is 5.75 Å². The molecule has 0 aliphatic heterocycles. The Bertz CT molecular complexity index is 592. The highest BCUT2D eigenvalue weighted by Gasteiger charge is 2.11. The van der Waals surface area contributed by atoms with Gasteiger partial charge in [-0.2, -0.15) is 0 Å². The second-order valence-corrected chi connectivity index (χ2v) is 6.32. The highest BCUT2D eigenvalue weighted by molar-refractivity contribution is 9.10. The molecule has 0 aliphatic rings. The Morgan fingerprint density at radius 3 is 2.55 bits per heavy atom. The van der Waals surface area contributed by atoms with Gasteiger partial charge in [0.2, 0.25) is 0 Å². The van der Waals surface area contributed by atoms with E-state index in [1.54, 1.807) is 0 Å². The van der Waals surface area contributed by atoms with E-state index >= 15 is 0 Å². The molecule has 1 rings (SSSR count). The smallest absolute Gasteiger partial charge is 0.321 e. The summed E-state index contributed by atoms with van der Waals surface area (Å²) in [4.78, 5) is 34.7. The van der Waals surface area contributed by atoms with E-state index < -0.39 is 24.5 Å². The predicted molar refractivity (Wildman–Crippen MR) is 87.9 cm³/mol. The molecule has 6 nitrogen and oxygen atoms in total. The van der Waals surface area contributed by atoms with Crippen LogP contribution in [0.4, 0.5) is 4.79 Å². The molecule has 0 saturated heterocycles. The highest BCUT2D eigenvalue weighted by Crippen LogP contribution is 2.28. The molecule has 3 amide bonds. The topological polar surface area (TPSA) is 84.5 Å². The Labute approximate surface area is 141 Å². The van der Waals surface area contributed by atoms with Crippen LogP contribution < -0.4 is 10.6 Å². The van der Waals surface area contributed by atoms with Crippen LogP contribution in [0, 0.1) is 13.8 Å². The van der Waals surface area contributed by atoms with Crippen molar-refractivity contribution in [2.24, 2.45) is 0 Å². The van der Waals surface area contributed by atoms with E-state index in [9.17, 15) is 14.4 Å². The molecule has 1 aromatic carbocycles. The van der Waals surface area contributed by atoms with Gasteiger partial charge in [-0.25, -0.2) is 4.79 Å². The van der Waals surface area contributed by atoms with Crippen molar-refractivity contribution < 1.29 is 19.1 Å². The molecule has 0 bridgehead atoms. The monoisotopic (exact) mass is 388 g/mol. The average Bonchev–Trinajstić information content (AvgIpc) is 2.47. The fourth-order valence-corrected chi connectivity index (χ4v) is 2.82. The van der Waals surface area contributed by atoms with Crippen LogP contribution in [0.25, 0.3) is 0 Å². The minimum atomic E-state index is -0.673. The molecular formula is C14H17BrN2O4S. The van der Waals surface area contributed by atoms with Gasteiger partial charge in [-0.1, -0.05) is 15.9 Å². The second-order valence-electron chi connectivity index (χ2n) is 4.44. The third-order valence-corrected chi connectivity index (χ3v) is 4.63. The molecule has 0 saturated carbocycles. The Balaban J connectivity index is 2.42. The maximum atomic E-state index is 11.6. The SMILES string of the molecule is CNC(=O)NC(=O)COC(=O)CSc1cc(C)c(Br)cc1C. The van der Waals surface area contributed by atoms with E-state index in [1.165, 1.54) is 18.8 Å². The van der Waals surface area contributed by atoms with Gasteiger partial charge < -0.3 is 10.1 Å². The van der Waals surface area contributed by atoms with E-state index in [4.69, 9.17) is 4.74 Å². The molecule has 0 radical (unpaired) electrons. The van der Waals surface area contributed by atoms with Crippen molar-refractivity contribution in [1.29, 1.82) is 0 Å². The van der Waals surface area contributed by atoms with Crippen LogP contribution >= 0.6 is 27.7 Å². The van der Waals surface area contributed by atoms with Gasteiger partial charge in [-0.15, -0.1) is 11.8 Å². The maximum Gasteiger partial charge on any atom is 0.321 e. The van der Waals surface area contributed by atoms with Gasteiger partial charge in [-0.05, 0) is 37.1 Å². The zero-order chi connectivity index (χ0) is 16.7. The van der Waals surface area contributed by atoms with E-state index in [-0.39, 0.29) is 5.75 Å². The molecule has 120 valence electrons. The Kier molecular flexibility index (Phi) is 7.40. The Hall–Kier alpha value is -1.54. The number of imide groups is 1. The summed E-state index contributed by atoms with van der Waals surface area (Å²) in [6, 6.07) is 3.33. The zero-order valence-electron chi connectivity index (χ0n) is 12.5. The molecule has 0 unspecified atom stereocenters. The van der Waals surface area contributed by atoms with Crippen LogP contribution in [0.5, 0.6) is 0 Å². The van der Waals surface area contributed by atoms with Crippen molar-refractivity contribution in [2.45, 2.75) is 18.7 Å². The van der Waals surface area contributed by atoms with Crippen LogP contribution in [0.1, 0.15) is 11.1 Å². The maximum absolute atomic E-state index is 11.6. The molecule has 0 atom stereocenters. The van der Waals surface area contributed by atoms with E-state index in [1.807, 2.05) is 31.3 Å². The molecule has 0 spiro atoms. The lowest BCUT2D eigenvalue weighted by Crippen LogP contribution is -2.39. The first-order chi connectivity index (χ1) is 10.3. The van der Waals surface area contributed by atoms with Gasteiger partial charge in [0.1, 0.15) is 0 Å². The van der Waals surface area contributed by atoms with Crippen molar-refractivity contribution in [3.05, 3.63) is 27.7 Å². The highest BCUT2D eigenvalue weighted by atomic mass is 79.9. The van der Waals surface area contributed by atoms with Crippen molar-refractivity contribution in [1.82, 2.24) is 10.6 Å². The van der Waals surface area contributed by atoms with Crippen molar-refractivity contribution in [3.8, 4) is 0 Å². The Morgan fingerprint density at radius 2 is 1.91 bits per heavy atom. The molecule has 22 heavy (non-hydrogen) atoms. The summed E-state index contributed by atoms with van der Waals surface area (Å²) in [5, 5.41) is 4.23. The number of ether oxygens (including phenoxy) is 1. The van der Waals surface area contributed by atoms with Crippen molar-refractivity contribution in [2.75, 3.05) is 19.4 Å². The number of carbonyl (C=O) groups is 3. The summed E-state index contributed by atoms with van der Waals surface area (Å²) in [5.74, 6) is -1.10. The summed E-state index contributed by atoms with van der Waals surface area (Å²) in [6.07, 6.45) is 0. The summed E-state index contributed by atoms with van der Waals surface area (Å²) in [7, 11) is 1.38. The molecule has 0 fully saturated rings. The summed E-state index contributed by atoms with van der Waals surface area (Å²) >= 11 is 4.79. The number of hydrogen-bond donors (Lipinski definition) is 2. The third-order valence-electron chi connectivity index (χ3n) is 2.65. The van der Waals surface area contributed by atoms with E-state index in [2.05, 4.69) is 21.2 Å². The molecular weight excluding hydrogens is 372 g/mol. The van der Waals surface area contributed by atoms with E-state index in [0.717, 1.165) is 20.5 Å². The van der Waals surface area contributed by atoms with Gasteiger partial charge in [0.15, 0.2) is 6.61 Å². The van der Waals surface area contributed by atoms with Crippen molar-refractivity contribution in [3.63, 3.8) is 0 Å². The number of amides is 3. The number of thioether (sulfide) groups is 1. The lowest BCUT2D eigenvalue weighted by Gasteiger charge is -2.09. The number of aryl methyl sites for hydroxylation is 2. The molecule has 0 heterocycles. The standard InChI is InChI=1S/C14H17BrN2O4S/c1-8-5-11(9(2)4-10(8)15)22-7-13(19)21-6-12(18)17-14(20)16-3/h4-5H,6-7H2,1-3H3,(H2,16,17,18,20). The number of benzene rings is 1. The molecule has 0 aliphatic carbocycles. The quantitative estimate of drug-likeness (QED) is 0.596. The van der Waals surface area contributed by atoms with E-state index in [0.29, 0.717) is 0 Å². The number of esters is 1. The lowest BCUT2D eigenvalue weighted by molar-refractivity contribution is -0.145. The molecule has 0 aromatic heterocycles. The summed E-state index contributed by atoms with van der Waals surface area (Å²) in [5.41, 5.74) is 2.12. The number of rotatable bonds is 5. The number of halogens is 1. The zero-order valence-corrected chi connectivity index (χ0v) is 14.9. The van der Waals surface area contributed by atoms with Gasteiger partial charge in [0.25, 0.3) is 5.91 Å². The van der Waals surface area contributed by atoms with Crippen LogP contribution in [-0.4, -0.2) is 37.3 Å². The summed E-state index contributed by atoms with van der Waals surface area (Å²) < 4.78 is 5.82. The number of nitrogens with one attached hydrogen (secondary N) is 2. The summed E-state index contributed by atoms with van der Waals surface area (Å²) in [6.45, 7) is 3.44. The number of hydrogen-bond acceptors (Lipinski definition) is 5. The first-order valence-corrected chi connectivity index (χ1v) is 8.18. The predicted octanol–water partition coefficient (Wildman–Crippen LogP) is 2.16. The largest absolute Gasteiger partial charge is 0.455 e. The van der Waals surface area contributed by atoms with Crippen LogP contribution in [0.3, 0.4) is 0 Å². The fourth-order valence-electron chi connectivity index (χ4n) is 1.46.